The lowest BCUT2D eigenvalue weighted by Crippen LogP contribution is -1.97. The van der Waals surface area contributed by atoms with Crippen LogP contribution in [0.5, 0.6) is 5.75 Å². The normalized spacial score (nSPS) is 9.21. The zero-order valence-electron chi connectivity index (χ0n) is 8.19. The van der Waals surface area contributed by atoms with Crippen molar-refractivity contribution in [3.05, 3.63) is 29.8 Å². The van der Waals surface area contributed by atoms with Crippen molar-refractivity contribution in [1.29, 1.82) is 0 Å². The van der Waals surface area contributed by atoms with Crippen LogP contribution in [0.15, 0.2) is 29.3 Å². The summed E-state index contributed by atoms with van der Waals surface area (Å²) in [5.74, 6) is 0.871. The van der Waals surface area contributed by atoms with Gasteiger partial charge >= 0.3 is 0 Å². The van der Waals surface area contributed by atoms with Gasteiger partial charge in [-0.15, -0.1) is 0 Å². The minimum Gasteiger partial charge on any atom is -0.494 e. The van der Waals surface area contributed by atoms with Crippen molar-refractivity contribution in [3.8, 4) is 5.75 Å². The van der Waals surface area contributed by atoms with Gasteiger partial charge in [0.2, 0.25) is 6.08 Å². The van der Waals surface area contributed by atoms with Crippen molar-refractivity contribution in [3.63, 3.8) is 0 Å². The first-order valence-corrected chi connectivity index (χ1v) is 4.62. The van der Waals surface area contributed by atoms with Gasteiger partial charge in [-0.3, -0.25) is 0 Å². The van der Waals surface area contributed by atoms with Crippen LogP contribution >= 0.6 is 0 Å². The lowest BCUT2D eigenvalue weighted by molar-refractivity contribution is 0.336. The molecule has 0 spiro atoms. The van der Waals surface area contributed by atoms with Crippen LogP contribution in [-0.2, 0) is 11.2 Å². The molecule has 3 heteroatoms. The molecule has 0 saturated heterocycles. The molecule has 0 aliphatic carbocycles. The molecule has 0 aliphatic rings. The van der Waals surface area contributed by atoms with Crippen LogP contribution in [0.1, 0.15) is 12.5 Å². The number of rotatable bonds is 5. The Kier molecular flexibility index (Phi) is 4.45. The number of nitrogens with zero attached hydrogens (tertiary/aromatic N) is 1. The molecule has 0 fully saturated rings. The number of benzene rings is 1. The third-order valence-electron chi connectivity index (χ3n) is 1.83. The van der Waals surface area contributed by atoms with E-state index in [4.69, 9.17) is 4.74 Å². The first-order chi connectivity index (χ1) is 6.88. The van der Waals surface area contributed by atoms with Crippen LogP contribution in [-0.4, -0.2) is 19.2 Å². The fourth-order valence-corrected chi connectivity index (χ4v) is 1.23. The summed E-state index contributed by atoms with van der Waals surface area (Å²) in [6.45, 7) is 3.06. The molecule has 14 heavy (non-hydrogen) atoms. The Balaban J connectivity index is 2.68. The third-order valence-corrected chi connectivity index (χ3v) is 1.83. The molecule has 1 aromatic carbocycles. The highest BCUT2D eigenvalue weighted by atomic mass is 16.5. The second kappa shape index (κ2) is 5.95. The number of aliphatic imine (C=N–C) groups is 1. The smallest absolute Gasteiger partial charge is 0.234 e. The predicted molar refractivity (Wildman–Crippen MR) is 54.3 cm³/mol. The lowest BCUT2D eigenvalue weighted by Gasteiger charge is -2.07. The molecule has 0 saturated carbocycles. The van der Waals surface area contributed by atoms with Crippen molar-refractivity contribution >= 4 is 6.08 Å². The average molecular weight is 191 g/mol. The van der Waals surface area contributed by atoms with Gasteiger partial charge in [-0.05, 0) is 25.0 Å². The molecule has 0 bridgehead atoms. The van der Waals surface area contributed by atoms with Gasteiger partial charge in [-0.2, -0.15) is 0 Å². The van der Waals surface area contributed by atoms with Gasteiger partial charge in [0.1, 0.15) is 5.75 Å². The second-order valence-electron chi connectivity index (χ2n) is 2.76. The zero-order valence-corrected chi connectivity index (χ0v) is 8.19. The summed E-state index contributed by atoms with van der Waals surface area (Å²) >= 11 is 0. The van der Waals surface area contributed by atoms with Gasteiger partial charge in [-0.1, -0.05) is 18.2 Å². The highest BCUT2D eigenvalue weighted by Gasteiger charge is 2.00. The van der Waals surface area contributed by atoms with Gasteiger partial charge in [-0.25, -0.2) is 9.79 Å². The summed E-state index contributed by atoms with van der Waals surface area (Å²) in [5, 5.41) is 0. The minimum absolute atomic E-state index is 0.466. The quantitative estimate of drug-likeness (QED) is 0.527. The summed E-state index contributed by atoms with van der Waals surface area (Å²) in [6.07, 6.45) is 2.24. The van der Waals surface area contributed by atoms with Gasteiger partial charge in [0.25, 0.3) is 0 Å². The molecule has 0 amide bonds. The van der Waals surface area contributed by atoms with Crippen LogP contribution in [0.3, 0.4) is 0 Å². The number of para-hydroxylation sites is 1. The van der Waals surface area contributed by atoms with E-state index in [1.165, 1.54) is 6.08 Å². The van der Waals surface area contributed by atoms with Crippen LogP contribution < -0.4 is 4.74 Å². The summed E-state index contributed by atoms with van der Waals surface area (Å²) < 4.78 is 5.43. The summed E-state index contributed by atoms with van der Waals surface area (Å²) in [7, 11) is 0. The Labute approximate surface area is 83.4 Å². The molecule has 3 nitrogen and oxygen atoms in total. The number of hydrogen-bond acceptors (Lipinski definition) is 3. The van der Waals surface area contributed by atoms with Gasteiger partial charge in [0.15, 0.2) is 0 Å². The second-order valence-corrected chi connectivity index (χ2v) is 2.76. The van der Waals surface area contributed by atoms with E-state index in [1.807, 2.05) is 31.2 Å². The Morgan fingerprint density at radius 1 is 1.43 bits per heavy atom. The van der Waals surface area contributed by atoms with E-state index >= 15 is 0 Å². The molecule has 0 aromatic heterocycles. The van der Waals surface area contributed by atoms with E-state index in [9.17, 15) is 4.79 Å². The molecule has 0 N–H and O–H groups in total. The molecule has 1 rings (SSSR count). The predicted octanol–water partition coefficient (Wildman–Crippen LogP) is 1.96. The van der Waals surface area contributed by atoms with Gasteiger partial charge < -0.3 is 4.74 Å². The molecule has 0 heterocycles. The number of ether oxygens (including phenoxy) is 1. The van der Waals surface area contributed by atoms with E-state index in [0.717, 1.165) is 11.3 Å². The standard InChI is InChI=1S/C11H13NO2/c1-2-14-11-6-4-3-5-10(11)7-8-12-9-13/h3-6H,2,7-8H2,1H3. The number of hydrogen-bond donors (Lipinski definition) is 0. The van der Waals surface area contributed by atoms with E-state index in [1.54, 1.807) is 0 Å². The van der Waals surface area contributed by atoms with Gasteiger partial charge in [0, 0.05) is 0 Å². The van der Waals surface area contributed by atoms with Crippen molar-refractivity contribution in [2.24, 2.45) is 4.99 Å². The van der Waals surface area contributed by atoms with E-state index in [-0.39, 0.29) is 0 Å². The summed E-state index contributed by atoms with van der Waals surface area (Å²) in [6, 6.07) is 7.77. The van der Waals surface area contributed by atoms with E-state index < -0.39 is 0 Å². The Morgan fingerprint density at radius 3 is 2.93 bits per heavy atom. The SMILES string of the molecule is CCOc1ccccc1CCN=C=O. The van der Waals surface area contributed by atoms with E-state index in [0.29, 0.717) is 19.6 Å². The van der Waals surface area contributed by atoms with Crippen LogP contribution in [0.4, 0.5) is 0 Å². The molecular weight excluding hydrogens is 178 g/mol. The van der Waals surface area contributed by atoms with Crippen molar-refractivity contribution in [2.45, 2.75) is 13.3 Å². The largest absolute Gasteiger partial charge is 0.494 e. The van der Waals surface area contributed by atoms with Crippen LogP contribution in [0, 0.1) is 0 Å². The Hall–Kier alpha value is -1.60. The topological polar surface area (TPSA) is 38.7 Å². The van der Waals surface area contributed by atoms with Crippen molar-refractivity contribution < 1.29 is 9.53 Å². The lowest BCUT2D eigenvalue weighted by atomic mass is 10.1. The monoisotopic (exact) mass is 191 g/mol. The molecule has 1 aromatic rings. The fraction of sp³-hybridized carbons (Fsp3) is 0.364. The molecule has 0 unspecified atom stereocenters. The van der Waals surface area contributed by atoms with Crippen molar-refractivity contribution in [1.82, 2.24) is 0 Å². The molecule has 0 aliphatic heterocycles. The maximum Gasteiger partial charge on any atom is 0.234 e. The Morgan fingerprint density at radius 2 is 2.21 bits per heavy atom. The molecular formula is C11H13NO2. The van der Waals surface area contributed by atoms with E-state index in [2.05, 4.69) is 4.99 Å². The van der Waals surface area contributed by atoms with Crippen LogP contribution in [0.2, 0.25) is 0 Å². The third kappa shape index (κ3) is 3.04. The molecule has 0 radical (unpaired) electrons. The van der Waals surface area contributed by atoms with Crippen molar-refractivity contribution in [2.75, 3.05) is 13.2 Å². The molecule has 74 valence electrons. The summed E-state index contributed by atoms with van der Waals surface area (Å²) in [5.41, 5.74) is 1.08. The fourth-order valence-electron chi connectivity index (χ4n) is 1.23. The molecule has 0 atom stereocenters. The zero-order chi connectivity index (χ0) is 10.2. The van der Waals surface area contributed by atoms with Gasteiger partial charge in [0.05, 0.1) is 13.2 Å². The maximum atomic E-state index is 9.88. The first kappa shape index (κ1) is 10.5. The minimum atomic E-state index is 0.466. The highest BCUT2D eigenvalue weighted by molar-refractivity contribution is 5.35. The number of isocyanates is 1. The summed E-state index contributed by atoms with van der Waals surface area (Å²) in [4.78, 5) is 13.4. The maximum absolute atomic E-state index is 9.88. The highest BCUT2D eigenvalue weighted by Crippen LogP contribution is 2.18. The first-order valence-electron chi connectivity index (χ1n) is 4.62. The average Bonchev–Trinajstić information content (AvgIpc) is 2.21. The Bertz CT molecular complexity index is 330. The van der Waals surface area contributed by atoms with Crippen LogP contribution in [0.25, 0.3) is 0 Å². The number of carbonyl (C=O) groups excluding carboxylic acids is 1.